The van der Waals surface area contributed by atoms with Crippen LogP contribution in [-0.2, 0) is 9.59 Å². The van der Waals surface area contributed by atoms with Crippen LogP contribution in [-0.4, -0.2) is 66.4 Å². The van der Waals surface area contributed by atoms with Crippen molar-refractivity contribution in [1.82, 2.24) is 15.1 Å². The van der Waals surface area contributed by atoms with E-state index in [1.165, 1.54) is 0 Å². The molecule has 0 unspecified atom stereocenters. The Kier molecular flexibility index (Phi) is 4.19. The second-order valence-corrected chi connectivity index (χ2v) is 5.23. The Labute approximate surface area is 107 Å². The lowest BCUT2D eigenvalue weighted by molar-refractivity contribution is -0.134. The third-order valence-corrected chi connectivity index (χ3v) is 3.38. The second kappa shape index (κ2) is 5.67. The number of nitrogens with zero attached hydrogens (tertiary/aromatic N) is 2. The average molecular weight is 254 g/mol. The van der Waals surface area contributed by atoms with Crippen LogP contribution in [0.15, 0.2) is 0 Å². The zero-order chi connectivity index (χ0) is 13.1. The molecule has 1 aliphatic carbocycles. The largest absolute Gasteiger partial charge is 0.352 e. The molecule has 1 heterocycles. The van der Waals surface area contributed by atoms with E-state index in [0.717, 1.165) is 25.9 Å². The topological polar surface area (TPSA) is 78.7 Å². The molecule has 18 heavy (non-hydrogen) atoms. The number of rotatable bonds is 4. The zero-order valence-corrected chi connectivity index (χ0v) is 10.9. The molecule has 1 aliphatic heterocycles. The molecule has 6 nitrogen and oxygen atoms in total. The molecule has 0 aromatic heterocycles. The first-order valence-electron chi connectivity index (χ1n) is 6.62. The predicted octanol–water partition coefficient (Wildman–Crippen LogP) is -1.24. The first-order chi connectivity index (χ1) is 8.56. The highest BCUT2D eigenvalue weighted by Crippen LogP contribution is 2.18. The first kappa shape index (κ1) is 13.3. The number of nitrogens with one attached hydrogen (secondary N) is 1. The molecule has 6 heteroatoms. The van der Waals surface area contributed by atoms with Gasteiger partial charge in [0.1, 0.15) is 0 Å². The van der Waals surface area contributed by atoms with Gasteiger partial charge in [0.2, 0.25) is 11.8 Å². The Morgan fingerprint density at radius 2 is 1.89 bits per heavy atom. The van der Waals surface area contributed by atoms with Crippen molar-refractivity contribution in [2.45, 2.75) is 31.8 Å². The number of amides is 2. The average Bonchev–Trinajstić information content (AvgIpc) is 3.12. The lowest BCUT2D eigenvalue weighted by Gasteiger charge is -2.35. The van der Waals surface area contributed by atoms with Crippen molar-refractivity contribution in [3.63, 3.8) is 0 Å². The molecule has 0 radical (unpaired) electrons. The Hall–Kier alpha value is -1.14. The Balaban J connectivity index is 1.69. The van der Waals surface area contributed by atoms with Crippen LogP contribution in [0.2, 0.25) is 0 Å². The summed E-state index contributed by atoms with van der Waals surface area (Å²) in [5.41, 5.74) is 5.57. The van der Waals surface area contributed by atoms with Gasteiger partial charge in [0.15, 0.2) is 0 Å². The summed E-state index contributed by atoms with van der Waals surface area (Å²) in [6.45, 7) is 4.97. The molecule has 2 amide bonds. The predicted molar refractivity (Wildman–Crippen MR) is 67.8 cm³/mol. The van der Waals surface area contributed by atoms with Crippen molar-refractivity contribution in [2.75, 3.05) is 32.7 Å². The van der Waals surface area contributed by atoms with E-state index in [1.807, 2.05) is 0 Å². The SMILES string of the molecule is C[C@@H](N)C(=O)N1CCN(CC(=O)NC2CC2)CC1. The van der Waals surface area contributed by atoms with Gasteiger partial charge in [-0.15, -0.1) is 0 Å². The summed E-state index contributed by atoms with van der Waals surface area (Å²) in [4.78, 5) is 27.2. The highest BCUT2D eigenvalue weighted by Gasteiger charge is 2.26. The van der Waals surface area contributed by atoms with Crippen molar-refractivity contribution in [1.29, 1.82) is 0 Å². The Bertz CT molecular complexity index is 320. The molecule has 0 bridgehead atoms. The zero-order valence-electron chi connectivity index (χ0n) is 10.9. The van der Waals surface area contributed by atoms with Gasteiger partial charge >= 0.3 is 0 Å². The molecule has 0 aromatic rings. The number of nitrogens with two attached hydrogens (primary N) is 1. The molecule has 3 N–H and O–H groups in total. The number of carbonyl (C=O) groups excluding carboxylic acids is 2. The van der Waals surface area contributed by atoms with Gasteiger partial charge in [-0.3, -0.25) is 14.5 Å². The molecule has 0 spiro atoms. The van der Waals surface area contributed by atoms with Crippen LogP contribution < -0.4 is 11.1 Å². The van der Waals surface area contributed by atoms with Gasteiger partial charge in [-0.1, -0.05) is 0 Å². The summed E-state index contributed by atoms with van der Waals surface area (Å²) in [6, 6.07) is -0.0202. The van der Waals surface area contributed by atoms with Crippen LogP contribution in [0.1, 0.15) is 19.8 Å². The fourth-order valence-electron chi connectivity index (χ4n) is 2.12. The van der Waals surface area contributed by atoms with Gasteiger partial charge in [-0.05, 0) is 19.8 Å². The van der Waals surface area contributed by atoms with Crippen molar-refractivity contribution < 1.29 is 9.59 Å². The van der Waals surface area contributed by atoms with E-state index in [4.69, 9.17) is 5.73 Å². The van der Waals surface area contributed by atoms with Gasteiger partial charge in [0.05, 0.1) is 12.6 Å². The maximum Gasteiger partial charge on any atom is 0.239 e. The highest BCUT2D eigenvalue weighted by atomic mass is 16.2. The molecular formula is C12H22N4O2. The highest BCUT2D eigenvalue weighted by molar-refractivity contribution is 5.81. The van der Waals surface area contributed by atoms with Crippen LogP contribution in [0.4, 0.5) is 0 Å². The van der Waals surface area contributed by atoms with Crippen LogP contribution >= 0.6 is 0 Å². The standard InChI is InChI=1S/C12H22N4O2/c1-9(13)12(18)16-6-4-15(5-7-16)8-11(17)14-10-2-3-10/h9-10H,2-8,13H2,1H3,(H,14,17)/t9-/m1/s1. The lowest BCUT2D eigenvalue weighted by Crippen LogP contribution is -2.54. The summed E-state index contributed by atoms with van der Waals surface area (Å²) in [6.07, 6.45) is 2.23. The van der Waals surface area contributed by atoms with E-state index in [-0.39, 0.29) is 11.8 Å². The molecule has 2 rings (SSSR count). The van der Waals surface area contributed by atoms with E-state index >= 15 is 0 Å². The maximum atomic E-state index is 11.7. The van der Waals surface area contributed by atoms with E-state index in [0.29, 0.717) is 25.7 Å². The van der Waals surface area contributed by atoms with Crippen molar-refractivity contribution in [3.05, 3.63) is 0 Å². The normalized spacial score (nSPS) is 22.7. The van der Waals surface area contributed by atoms with E-state index in [2.05, 4.69) is 10.2 Å². The second-order valence-electron chi connectivity index (χ2n) is 5.23. The molecule has 1 saturated heterocycles. The van der Waals surface area contributed by atoms with E-state index < -0.39 is 6.04 Å². The minimum atomic E-state index is -0.435. The summed E-state index contributed by atoms with van der Waals surface area (Å²) < 4.78 is 0. The van der Waals surface area contributed by atoms with Crippen molar-refractivity contribution >= 4 is 11.8 Å². The monoisotopic (exact) mass is 254 g/mol. The smallest absolute Gasteiger partial charge is 0.239 e. The Morgan fingerprint density at radius 1 is 1.28 bits per heavy atom. The quantitative estimate of drug-likeness (QED) is 0.657. The van der Waals surface area contributed by atoms with Gasteiger partial charge < -0.3 is 16.0 Å². The number of hydrogen-bond donors (Lipinski definition) is 2. The summed E-state index contributed by atoms with van der Waals surface area (Å²) >= 11 is 0. The van der Waals surface area contributed by atoms with Gasteiger partial charge in [-0.2, -0.15) is 0 Å². The number of hydrogen-bond acceptors (Lipinski definition) is 4. The Morgan fingerprint density at radius 3 is 2.39 bits per heavy atom. The van der Waals surface area contributed by atoms with Crippen molar-refractivity contribution in [3.8, 4) is 0 Å². The van der Waals surface area contributed by atoms with E-state index in [1.54, 1.807) is 11.8 Å². The summed E-state index contributed by atoms with van der Waals surface area (Å²) in [7, 11) is 0. The molecule has 2 fully saturated rings. The third kappa shape index (κ3) is 3.68. The van der Waals surface area contributed by atoms with Crippen LogP contribution in [0.25, 0.3) is 0 Å². The third-order valence-electron chi connectivity index (χ3n) is 3.38. The van der Waals surface area contributed by atoms with Crippen LogP contribution in [0, 0.1) is 0 Å². The maximum absolute atomic E-state index is 11.7. The minimum absolute atomic E-state index is 0.00270. The molecule has 1 saturated carbocycles. The number of piperazine rings is 1. The molecular weight excluding hydrogens is 232 g/mol. The van der Waals surface area contributed by atoms with Crippen LogP contribution in [0.5, 0.6) is 0 Å². The minimum Gasteiger partial charge on any atom is -0.352 e. The van der Waals surface area contributed by atoms with Gasteiger partial charge in [-0.25, -0.2) is 0 Å². The molecule has 2 aliphatic rings. The van der Waals surface area contributed by atoms with Crippen LogP contribution in [0.3, 0.4) is 0 Å². The number of carbonyl (C=O) groups is 2. The summed E-state index contributed by atoms with van der Waals surface area (Å²) in [5, 5.41) is 2.97. The fourth-order valence-corrected chi connectivity index (χ4v) is 2.12. The molecule has 102 valence electrons. The van der Waals surface area contributed by atoms with Gasteiger partial charge in [0.25, 0.3) is 0 Å². The summed E-state index contributed by atoms with van der Waals surface area (Å²) in [5.74, 6) is 0.0987. The van der Waals surface area contributed by atoms with E-state index in [9.17, 15) is 9.59 Å². The van der Waals surface area contributed by atoms with Gasteiger partial charge in [0, 0.05) is 32.2 Å². The fraction of sp³-hybridized carbons (Fsp3) is 0.833. The molecule has 0 aromatic carbocycles. The molecule has 1 atom stereocenters. The first-order valence-corrected chi connectivity index (χ1v) is 6.62. The lowest BCUT2D eigenvalue weighted by atomic mass is 10.2. The van der Waals surface area contributed by atoms with Crippen molar-refractivity contribution in [2.24, 2.45) is 5.73 Å².